The summed E-state index contributed by atoms with van der Waals surface area (Å²) in [6, 6.07) is 14.3. The van der Waals surface area contributed by atoms with Crippen LogP contribution in [0.1, 0.15) is 35.2 Å². The monoisotopic (exact) mass is 520 g/mol. The van der Waals surface area contributed by atoms with Crippen molar-refractivity contribution in [1.29, 1.82) is 0 Å². The Bertz CT molecular complexity index is 1040. The standard InChI is InChI=1S/C23H25BrN2O5S/c1-2-30-14-31-12-17(25-22(27)15-7-9-16(24)10-8-15)11-19(23(28)26-29)20-13-32-21-6-4-3-5-18(20)21/h3-10,13,17,19,29H,2,11-12,14H2,1H3,(H,25,27)(H,26,28)/t17-,19-/m0/s1. The molecule has 0 saturated heterocycles. The first kappa shape index (κ1) is 24.3. The fourth-order valence-electron chi connectivity index (χ4n) is 3.38. The molecule has 3 rings (SSSR count). The molecular formula is C23H25BrN2O5S. The van der Waals surface area contributed by atoms with Gasteiger partial charge in [0.25, 0.3) is 11.8 Å². The van der Waals surface area contributed by atoms with Crippen LogP contribution in [0.2, 0.25) is 0 Å². The van der Waals surface area contributed by atoms with E-state index in [1.54, 1.807) is 29.7 Å². The van der Waals surface area contributed by atoms with Crippen molar-refractivity contribution in [3.63, 3.8) is 0 Å². The zero-order valence-corrected chi connectivity index (χ0v) is 19.9. The van der Waals surface area contributed by atoms with Gasteiger partial charge in [-0.3, -0.25) is 14.8 Å². The summed E-state index contributed by atoms with van der Waals surface area (Å²) in [4.78, 5) is 25.4. The summed E-state index contributed by atoms with van der Waals surface area (Å²) in [7, 11) is 0. The van der Waals surface area contributed by atoms with Crippen molar-refractivity contribution in [2.45, 2.75) is 25.3 Å². The van der Waals surface area contributed by atoms with E-state index in [1.165, 1.54) is 11.3 Å². The molecule has 9 heteroatoms. The highest BCUT2D eigenvalue weighted by Crippen LogP contribution is 2.34. The molecule has 1 aromatic heterocycles. The Balaban J connectivity index is 1.82. The van der Waals surface area contributed by atoms with E-state index < -0.39 is 17.9 Å². The number of hydrogen-bond donors (Lipinski definition) is 3. The summed E-state index contributed by atoms with van der Waals surface area (Å²) < 4.78 is 12.7. The Morgan fingerprint density at radius 3 is 2.59 bits per heavy atom. The van der Waals surface area contributed by atoms with Gasteiger partial charge in [-0.15, -0.1) is 11.3 Å². The molecule has 0 aliphatic carbocycles. The predicted molar refractivity (Wildman–Crippen MR) is 127 cm³/mol. The van der Waals surface area contributed by atoms with Crippen molar-refractivity contribution in [2.75, 3.05) is 20.0 Å². The van der Waals surface area contributed by atoms with Gasteiger partial charge in [0.05, 0.1) is 18.6 Å². The van der Waals surface area contributed by atoms with Crippen LogP contribution in [0.15, 0.2) is 58.4 Å². The third-order valence-corrected chi connectivity index (χ3v) is 6.48. The number of ether oxygens (including phenoxy) is 2. The molecule has 0 unspecified atom stereocenters. The molecule has 3 aromatic rings. The van der Waals surface area contributed by atoms with Crippen LogP contribution < -0.4 is 10.8 Å². The number of carbonyl (C=O) groups is 2. The van der Waals surface area contributed by atoms with Gasteiger partial charge >= 0.3 is 0 Å². The molecule has 0 spiro atoms. The number of hydrogen-bond acceptors (Lipinski definition) is 6. The van der Waals surface area contributed by atoms with Crippen molar-refractivity contribution in [1.82, 2.24) is 10.8 Å². The van der Waals surface area contributed by atoms with E-state index in [4.69, 9.17) is 9.47 Å². The number of thiophene rings is 1. The molecule has 0 radical (unpaired) electrons. The average molecular weight is 521 g/mol. The number of benzene rings is 2. The quantitative estimate of drug-likeness (QED) is 0.150. The van der Waals surface area contributed by atoms with Crippen molar-refractivity contribution >= 4 is 49.2 Å². The van der Waals surface area contributed by atoms with Gasteiger partial charge in [0, 0.05) is 21.3 Å². The molecule has 7 nitrogen and oxygen atoms in total. The lowest BCUT2D eigenvalue weighted by molar-refractivity contribution is -0.131. The molecule has 170 valence electrons. The fourth-order valence-corrected chi connectivity index (χ4v) is 4.66. The Labute approximate surface area is 198 Å². The largest absolute Gasteiger partial charge is 0.356 e. The van der Waals surface area contributed by atoms with Gasteiger partial charge in [-0.2, -0.15) is 0 Å². The SMILES string of the molecule is CCOCOC[C@H](C[C@H](C(=O)NO)c1csc2ccccc12)NC(=O)c1ccc(Br)cc1. The molecule has 3 N–H and O–H groups in total. The summed E-state index contributed by atoms with van der Waals surface area (Å²) in [5.74, 6) is -1.50. The molecule has 2 aromatic carbocycles. The third-order valence-electron chi connectivity index (χ3n) is 4.96. The van der Waals surface area contributed by atoms with Gasteiger partial charge in [0.1, 0.15) is 6.79 Å². The highest BCUT2D eigenvalue weighted by Gasteiger charge is 2.28. The minimum atomic E-state index is -0.679. The van der Waals surface area contributed by atoms with Gasteiger partial charge < -0.3 is 14.8 Å². The van der Waals surface area contributed by atoms with E-state index in [2.05, 4.69) is 21.2 Å². The van der Waals surface area contributed by atoms with E-state index in [9.17, 15) is 14.8 Å². The Morgan fingerprint density at radius 1 is 1.12 bits per heavy atom. The maximum Gasteiger partial charge on any atom is 0.251 e. The summed E-state index contributed by atoms with van der Waals surface area (Å²) in [6.07, 6.45) is 0.238. The Morgan fingerprint density at radius 2 is 1.88 bits per heavy atom. The number of halogens is 1. The van der Waals surface area contributed by atoms with Crippen LogP contribution >= 0.6 is 27.3 Å². The van der Waals surface area contributed by atoms with E-state index in [1.807, 2.05) is 36.6 Å². The summed E-state index contributed by atoms with van der Waals surface area (Å²) in [5, 5.41) is 15.2. The van der Waals surface area contributed by atoms with E-state index >= 15 is 0 Å². The molecule has 2 atom stereocenters. The third kappa shape index (κ3) is 6.36. The van der Waals surface area contributed by atoms with E-state index in [-0.39, 0.29) is 25.7 Å². The van der Waals surface area contributed by atoms with E-state index in [0.29, 0.717) is 12.2 Å². The normalized spacial score (nSPS) is 13.0. The molecule has 32 heavy (non-hydrogen) atoms. The van der Waals surface area contributed by atoms with Crippen LogP contribution in [0.5, 0.6) is 0 Å². The lowest BCUT2D eigenvalue weighted by Crippen LogP contribution is -2.41. The zero-order chi connectivity index (χ0) is 22.9. The Hall–Kier alpha value is -2.30. The summed E-state index contributed by atoms with van der Waals surface area (Å²) >= 11 is 4.89. The maximum absolute atomic E-state index is 12.8. The number of fused-ring (bicyclic) bond motifs is 1. The highest BCUT2D eigenvalue weighted by molar-refractivity contribution is 9.10. The minimum Gasteiger partial charge on any atom is -0.356 e. The lowest BCUT2D eigenvalue weighted by Gasteiger charge is -2.23. The average Bonchev–Trinajstić information content (AvgIpc) is 3.23. The van der Waals surface area contributed by atoms with Gasteiger partial charge in [-0.25, -0.2) is 5.48 Å². The second-order valence-corrected chi connectivity index (χ2v) is 8.94. The molecule has 0 bridgehead atoms. The van der Waals surface area contributed by atoms with Crippen LogP contribution in [0, 0.1) is 0 Å². The van der Waals surface area contributed by atoms with Crippen LogP contribution in [0.25, 0.3) is 10.1 Å². The highest BCUT2D eigenvalue weighted by atomic mass is 79.9. The Kier molecular flexibility index (Phi) is 9.19. The first-order chi connectivity index (χ1) is 15.5. The fraction of sp³-hybridized carbons (Fsp3) is 0.304. The molecular weight excluding hydrogens is 496 g/mol. The van der Waals surface area contributed by atoms with E-state index in [0.717, 1.165) is 20.1 Å². The van der Waals surface area contributed by atoms with Crippen molar-refractivity contribution in [2.24, 2.45) is 0 Å². The zero-order valence-electron chi connectivity index (χ0n) is 17.5. The number of rotatable bonds is 11. The van der Waals surface area contributed by atoms with Crippen LogP contribution in [0.3, 0.4) is 0 Å². The molecule has 2 amide bonds. The molecule has 0 aliphatic rings. The number of nitrogens with one attached hydrogen (secondary N) is 2. The first-order valence-corrected chi connectivity index (χ1v) is 11.8. The van der Waals surface area contributed by atoms with Gasteiger partial charge in [0.2, 0.25) is 0 Å². The van der Waals surface area contributed by atoms with Crippen molar-refractivity contribution < 1.29 is 24.3 Å². The maximum atomic E-state index is 12.8. The van der Waals surface area contributed by atoms with Crippen LogP contribution in [0.4, 0.5) is 0 Å². The first-order valence-electron chi connectivity index (χ1n) is 10.2. The van der Waals surface area contributed by atoms with Crippen LogP contribution in [-0.2, 0) is 14.3 Å². The van der Waals surface area contributed by atoms with Gasteiger partial charge in [-0.05, 0) is 60.0 Å². The predicted octanol–water partition coefficient (Wildman–Crippen LogP) is 4.45. The second kappa shape index (κ2) is 12.1. The van der Waals surface area contributed by atoms with Crippen molar-refractivity contribution in [3.8, 4) is 0 Å². The molecule has 0 fully saturated rings. The lowest BCUT2D eigenvalue weighted by atomic mass is 9.91. The minimum absolute atomic E-state index is 0.0827. The van der Waals surface area contributed by atoms with Gasteiger partial charge in [0.15, 0.2) is 0 Å². The molecule has 1 heterocycles. The second-order valence-electron chi connectivity index (χ2n) is 7.11. The smallest absolute Gasteiger partial charge is 0.251 e. The van der Waals surface area contributed by atoms with Crippen molar-refractivity contribution in [3.05, 3.63) is 69.5 Å². The van der Waals surface area contributed by atoms with Crippen LogP contribution in [-0.4, -0.2) is 43.1 Å². The molecule has 0 aliphatic heterocycles. The number of carbonyl (C=O) groups excluding carboxylic acids is 2. The number of amides is 2. The summed E-state index contributed by atoms with van der Waals surface area (Å²) in [6.45, 7) is 2.60. The molecule has 0 saturated carbocycles. The van der Waals surface area contributed by atoms with Gasteiger partial charge in [-0.1, -0.05) is 34.1 Å². The topological polar surface area (TPSA) is 96.9 Å². The number of hydroxylamine groups is 1. The summed E-state index contributed by atoms with van der Waals surface area (Å²) in [5.41, 5.74) is 3.06.